The Bertz CT molecular complexity index is 1240. The lowest BCUT2D eigenvalue weighted by molar-refractivity contribution is -0.183. The van der Waals surface area contributed by atoms with Crippen molar-refractivity contribution in [1.82, 2.24) is 20.2 Å². The van der Waals surface area contributed by atoms with Gasteiger partial charge in [-0.05, 0) is 73.7 Å². The van der Waals surface area contributed by atoms with E-state index in [2.05, 4.69) is 98.5 Å². The van der Waals surface area contributed by atoms with Crippen molar-refractivity contribution in [1.29, 1.82) is 0 Å². The van der Waals surface area contributed by atoms with E-state index in [9.17, 15) is 15.0 Å². The van der Waals surface area contributed by atoms with Crippen LogP contribution in [0.15, 0.2) is 54.6 Å². The van der Waals surface area contributed by atoms with Crippen molar-refractivity contribution in [3.8, 4) is 0 Å². The number of hydrogen-bond donors (Lipinski definition) is 3. The highest BCUT2D eigenvalue weighted by Crippen LogP contribution is 2.61. The topological polar surface area (TPSA) is 88.5 Å². The minimum Gasteiger partial charge on any atom is -0.394 e. The van der Waals surface area contributed by atoms with E-state index in [-0.39, 0.29) is 18.6 Å². The largest absolute Gasteiger partial charge is 0.394 e. The molecule has 3 aliphatic carbocycles. The van der Waals surface area contributed by atoms with Crippen molar-refractivity contribution in [2.75, 3.05) is 33.8 Å². The van der Waals surface area contributed by atoms with Crippen LogP contribution in [0.2, 0.25) is 0 Å². The number of nitrogens with one attached hydrogen (secondary N) is 1. The molecule has 242 valence electrons. The lowest BCUT2D eigenvalue weighted by Crippen LogP contribution is -2.62. The van der Waals surface area contributed by atoms with E-state index in [0.717, 1.165) is 38.2 Å². The highest BCUT2D eigenvalue weighted by molar-refractivity contribution is 5.82. The molecule has 8 atom stereocenters. The van der Waals surface area contributed by atoms with Gasteiger partial charge in [0, 0.05) is 38.1 Å². The van der Waals surface area contributed by atoms with Crippen LogP contribution in [0.5, 0.6) is 0 Å². The summed E-state index contributed by atoms with van der Waals surface area (Å²) in [7, 11) is 4.20. The van der Waals surface area contributed by atoms with Crippen LogP contribution >= 0.6 is 0 Å². The third-order valence-electron chi connectivity index (χ3n) is 10.9. The zero-order chi connectivity index (χ0) is 31.6. The Hall–Kier alpha value is -2.33. The van der Waals surface area contributed by atoms with Crippen LogP contribution in [0.3, 0.4) is 0 Å². The van der Waals surface area contributed by atoms with Gasteiger partial charge in [0.05, 0.1) is 19.3 Å². The maximum atomic E-state index is 14.0. The highest BCUT2D eigenvalue weighted by Gasteiger charge is 2.57. The minimum absolute atomic E-state index is 0.114. The number of amides is 1. The first-order valence-corrected chi connectivity index (χ1v) is 16.5. The highest BCUT2D eigenvalue weighted by atomic mass is 16.7. The summed E-state index contributed by atoms with van der Waals surface area (Å²) in [4.78, 5) is 24.9. The van der Waals surface area contributed by atoms with E-state index in [4.69, 9.17) is 4.84 Å². The molecule has 4 aliphatic rings. The second-order valence-electron chi connectivity index (χ2n) is 14.6. The normalized spacial score (nSPS) is 30.4. The Labute approximate surface area is 264 Å². The molecule has 8 heteroatoms. The van der Waals surface area contributed by atoms with Crippen LogP contribution in [0.1, 0.15) is 57.2 Å². The van der Waals surface area contributed by atoms with Crippen LogP contribution in [-0.2, 0) is 29.3 Å². The lowest BCUT2D eigenvalue weighted by atomic mass is 9.45. The molecule has 0 spiro atoms. The van der Waals surface area contributed by atoms with Crippen LogP contribution in [0.25, 0.3) is 0 Å². The second kappa shape index (κ2) is 14.0. The summed E-state index contributed by atoms with van der Waals surface area (Å²) in [5.41, 5.74) is 3.85. The molecular weight excluding hydrogens is 552 g/mol. The first-order valence-electron chi connectivity index (χ1n) is 16.5. The molecule has 1 heterocycles. The van der Waals surface area contributed by atoms with Gasteiger partial charge in [-0.25, -0.2) is 0 Å². The van der Waals surface area contributed by atoms with Gasteiger partial charge >= 0.3 is 0 Å². The van der Waals surface area contributed by atoms with Gasteiger partial charge in [0.2, 0.25) is 5.91 Å². The van der Waals surface area contributed by atoms with E-state index < -0.39 is 24.2 Å². The number of hydroxylamine groups is 2. The molecule has 2 aromatic carbocycles. The first kappa shape index (κ1) is 33.0. The van der Waals surface area contributed by atoms with Gasteiger partial charge in [-0.2, -0.15) is 5.06 Å². The number of carbonyl (C=O) groups is 1. The summed E-state index contributed by atoms with van der Waals surface area (Å²) >= 11 is 0. The number of carbonyl (C=O) groups excluding carboxylic acids is 1. The predicted octanol–water partition coefficient (Wildman–Crippen LogP) is 3.91. The molecule has 1 unspecified atom stereocenters. The van der Waals surface area contributed by atoms with Crippen molar-refractivity contribution in [3.05, 3.63) is 71.3 Å². The Kier molecular flexibility index (Phi) is 10.5. The Morgan fingerprint density at radius 3 is 2.36 bits per heavy atom. The van der Waals surface area contributed by atoms with Gasteiger partial charge in [0.1, 0.15) is 12.1 Å². The van der Waals surface area contributed by atoms with Gasteiger partial charge in [0.25, 0.3) is 0 Å². The van der Waals surface area contributed by atoms with E-state index in [1.165, 1.54) is 17.5 Å². The second-order valence-corrected chi connectivity index (χ2v) is 14.6. The molecule has 1 saturated heterocycles. The maximum absolute atomic E-state index is 14.0. The van der Waals surface area contributed by atoms with Crippen molar-refractivity contribution < 1.29 is 19.8 Å². The molecule has 44 heavy (non-hydrogen) atoms. The van der Waals surface area contributed by atoms with E-state index in [0.29, 0.717) is 29.7 Å². The van der Waals surface area contributed by atoms with Gasteiger partial charge in [-0.3, -0.25) is 14.5 Å². The average Bonchev–Trinajstić information content (AvgIpc) is 3.36. The summed E-state index contributed by atoms with van der Waals surface area (Å²) in [6, 6.07) is 18.4. The summed E-state index contributed by atoms with van der Waals surface area (Å²) < 4.78 is 0. The van der Waals surface area contributed by atoms with Crippen LogP contribution in [0, 0.1) is 29.1 Å². The van der Waals surface area contributed by atoms with Crippen molar-refractivity contribution in [2.45, 2.75) is 84.5 Å². The number of aliphatic hydroxyl groups excluding tert-OH is 2. The quantitative estimate of drug-likeness (QED) is 0.319. The molecule has 3 saturated carbocycles. The van der Waals surface area contributed by atoms with E-state index in [1.54, 1.807) is 12.0 Å². The van der Waals surface area contributed by atoms with Crippen LogP contribution in [0.4, 0.5) is 0 Å². The average molecular weight is 607 g/mol. The maximum Gasteiger partial charge on any atom is 0.240 e. The molecular formula is C36H54N4O4. The van der Waals surface area contributed by atoms with Gasteiger partial charge < -0.3 is 20.4 Å². The predicted molar refractivity (Wildman–Crippen MR) is 173 cm³/mol. The number of fused-ring (bicyclic) bond motifs is 2. The van der Waals surface area contributed by atoms with Crippen molar-refractivity contribution in [2.24, 2.45) is 29.1 Å². The van der Waals surface area contributed by atoms with Gasteiger partial charge in [-0.1, -0.05) is 75.4 Å². The van der Waals surface area contributed by atoms with E-state index >= 15 is 0 Å². The fourth-order valence-electron chi connectivity index (χ4n) is 8.15. The number of rotatable bonds is 13. The SMILES string of the molecule is C[C@H](O)[C@@H]1[C@H](CO)ON(Cc2cccc(CN(CCN(C)C)Cc3ccccc3)c2)[C@@H]1C(=O)NC1C[C@@H]2C[C@H]([C@@H]1C)C2(C)C. The van der Waals surface area contributed by atoms with Crippen molar-refractivity contribution in [3.63, 3.8) is 0 Å². The molecule has 4 fully saturated rings. The Morgan fingerprint density at radius 1 is 1.05 bits per heavy atom. The molecule has 0 aromatic heterocycles. The van der Waals surface area contributed by atoms with Crippen LogP contribution in [-0.4, -0.2) is 89.1 Å². The third kappa shape index (κ3) is 7.22. The number of likely N-dealkylation sites (N-methyl/N-ethyl adjacent to an activating group) is 1. The minimum atomic E-state index is -0.807. The molecule has 0 radical (unpaired) electrons. The number of aliphatic hydroxyl groups is 2. The Balaban J connectivity index is 1.30. The number of hydrogen-bond acceptors (Lipinski definition) is 7. The van der Waals surface area contributed by atoms with Crippen molar-refractivity contribution >= 4 is 5.91 Å². The molecule has 2 aromatic rings. The van der Waals surface area contributed by atoms with E-state index in [1.807, 2.05) is 6.07 Å². The van der Waals surface area contributed by atoms with Gasteiger partial charge in [-0.15, -0.1) is 0 Å². The summed E-state index contributed by atoms with van der Waals surface area (Å²) in [6.07, 6.45) is 0.786. The molecule has 2 bridgehead atoms. The monoisotopic (exact) mass is 606 g/mol. The summed E-state index contributed by atoms with van der Waals surface area (Å²) in [5.74, 6) is 1.00. The summed E-state index contributed by atoms with van der Waals surface area (Å²) in [6.45, 7) is 12.4. The zero-order valence-electron chi connectivity index (χ0n) is 27.5. The molecule has 3 N–H and O–H groups in total. The Morgan fingerprint density at radius 2 is 1.73 bits per heavy atom. The van der Waals surface area contributed by atoms with Gasteiger partial charge in [0.15, 0.2) is 0 Å². The standard InChI is InChI=1S/C36H54N4O4/c1-24-30-18-29(36(30,3)4)19-31(24)37-35(43)34-33(25(2)42)32(23-41)44-40(34)22-28-14-10-13-27(17-28)21-39(16-15-38(5)6)20-26-11-8-7-9-12-26/h7-14,17,24-25,29-34,41-42H,15-16,18-23H2,1-6H3,(H,37,43)/t24-,25-,29-,30+,31?,32-,33+,34-/m0/s1. The number of nitrogens with zero attached hydrogens (tertiary/aromatic N) is 3. The number of benzene rings is 2. The van der Waals surface area contributed by atoms with Crippen LogP contribution < -0.4 is 5.32 Å². The molecule has 6 rings (SSSR count). The molecule has 1 aliphatic heterocycles. The third-order valence-corrected chi connectivity index (χ3v) is 10.9. The fraction of sp³-hybridized carbons (Fsp3) is 0.639. The lowest BCUT2D eigenvalue weighted by Gasteiger charge is -2.62. The summed E-state index contributed by atoms with van der Waals surface area (Å²) in [5, 5.41) is 26.0. The smallest absolute Gasteiger partial charge is 0.240 e. The first-order chi connectivity index (χ1) is 21.0. The molecule has 8 nitrogen and oxygen atoms in total. The zero-order valence-corrected chi connectivity index (χ0v) is 27.5. The fourth-order valence-corrected chi connectivity index (χ4v) is 8.15. The molecule has 1 amide bonds.